The first-order chi connectivity index (χ1) is 10.3. The summed E-state index contributed by atoms with van der Waals surface area (Å²) in [5.74, 6) is -1.67. The smallest absolute Gasteiger partial charge is 0.347 e. The third kappa shape index (κ3) is 2.99. The molecule has 2 rings (SSSR count). The van der Waals surface area contributed by atoms with Crippen LogP contribution in [0.5, 0.6) is 0 Å². The predicted octanol–water partition coefficient (Wildman–Crippen LogP) is 1.06. The minimum Gasteiger partial charge on any atom is -0.480 e. The number of hydrogen-bond acceptors (Lipinski definition) is 6. The van der Waals surface area contributed by atoms with Crippen molar-refractivity contribution in [2.24, 2.45) is 5.73 Å². The number of benzene rings is 1. The van der Waals surface area contributed by atoms with Crippen LogP contribution < -0.4 is 17.1 Å². The zero-order chi connectivity index (χ0) is 16.4. The van der Waals surface area contributed by atoms with Crippen molar-refractivity contribution in [1.82, 2.24) is 0 Å². The number of fused-ring (bicyclic) bond motifs is 1. The summed E-state index contributed by atoms with van der Waals surface area (Å²) >= 11 is 0. The molecule has 1 unspecified atom stereocenters. The second-order valence-corrected chi connectivity index (χ2v) is 5.05. The SMILES string of the molecule is Cc1c(C(=O)CCC(N)C(=O)O)c(=O)oc2cc(N)ccc12. The minimum absolute atomic E-state index is 0.0488. The Morgan fingerprint density at radius 2 is 2.05 bits per heavy atom. The van der Waals surface area contributed by atoms with Gasteiger partial charge in [-0.2, -0.15) is 0 Å². The van der Waals surface area contributed by atoms with E-state index < -0.39 is 23.4 Å². The Hall–Kier alpha value is -2.67. The van der Waals surface area contributed by atoms with Crippen LogP contribution in [0.15, 0.2) is 27.4 Å². The summed E-state index contributed by atoms with van der Waals surface area (Å²) in [6.45, 7) is 1.64. The van der Waals surface area contributed by atoms with Crippen LogP contribution in [0.4, 0.5) is 5.69 Å². The summed E-state index contributed by atoms with van der Waals surface area (Å²) in [5.41, 5.74) is 11.4. The summed E-state index contributed by atoms with van der Waals surface area (Å²) in [6.07, 6.45) is -0.188. The van der Waals surface area contributed by atoms with Gasteiger partial charge in [-0.1, -0.05) is 0 Å². The van der Waals surface area contributed by atoms with Crippen molar-refractivity contribution < 1.29 is 19.1 Å². The largest absolute Gasteiger partial charge is 0.480 e. The molecular weight excluding hydrogens is 288 g/mol. The molecule has 1 aromatic heterocycles. The van der Waals surface area contributed by atoms with Gasteiger partial charge in [-0.15, -0.1) is 0 Å². The summed E-state index contributed by atoms with van der Waals surface area (Å²) in [5, 5.41) is 9.32. The highest BCUT2D eigenvalue weighted by Gasteiger charge is 2.20. The molecule has 0 bridgehead atoms. The van der Waals surface area contributed by atoms with Gasteiger partial charge in [0.15, 0.2) is 5.78 Å². The van der Waals surface area contributed by atoms with Crippen LogP contribution in [-0.2, 0) is 4.79 Å². The molecular formula is C15H16N2O5. The van der Waals surface area contributed by atoms with Crippen molar-refractivity contribution in [2.45, 2.75) is 25.8 Å². The molecule has 0 aliphatic rings. The zero-order valence-electron chi connectivity index (χ0n) is 12.0. The van der Waals surface area contributed by atoms with Gasteiger partial charge in [0.2, 0.25) is 0 Å². The zero-order valence-corrected chi connectivity index (χ0v) is 12.0. The fourth-order valence-electron chi connectivity index (χ4n) is 2.23. The average molecular weight is 304 g/mol. The maximum atomic E-state index is 12.2. The van der Waals surface area contributed by atoms with Crippen molar-refractivity contribution >= 4 is 28.4 Å². The van der Waals surface area contributed by atoms with Crippen LogP contribution >= 0.6 is 0 Å². The number of carboxylic acids is 1. The first-order valence-electron chi connectivity index (χ1n) is 6.65. The number of carbonyl (C=O) groups is 2. The van der Waals surface area contributed by atoms with Gasteiger partial charge < -0.3 is 21.0 Å². The maximum Gasteiger partial charge on any atom is 0.347 e. The van der Waals surface area contributed by atoms with Crippen LogP contribution in [0.3, 0.4) is 0 Å². The van der Waals surface area contributed by atoms with Gasteiger partial charge in [0.1, 0.15) is 17.2 Å². The highest BCUT2D eigenvalue weighted by atomic mass is 16.4. The lowest BCUT2D eigenvalue weighted by molar-refractivity contribution is -0.138. The Balaban J connectivity index is 2.39. The van der Waals surface area contributed by atoms with Crippen LogP contribution in [0, 0.1) is 6.92 Å². The molecule has 0 fully saturated rings. The average Bonchev–Trinajstić information content (AvgIpc) is 2.43. The Morgan fingerprint density at radius 1 is 1.36 bits per heavy atom. The van der Waals surface area contributed by atoms with E-state index in [0.717, 1.165) is 0 Å². The van der Waals surface area contributed by atoms with Gasteiger partial charge >= 0.3 is 11.6 Å². The van der Waals surface area contributed by atoms with Gasteiger partial charge in [-0.3, -0.25) is 9.59 Å². The number of rotatable bonds is 5. The second kappa shape index (κ2) is 5.98. The van der Waals surface area contributed by atoms with E-state index in [2.05, 4.69) is 0 Å². The number of hydrogen-bond donors (Lipinski definition) is 3. The molecule has 1 aromatic carbocycles. The summed E-state index contributed by atoms with van der Waals surface area (Å²) in [6, 6.07) is 3.68. The minimum atomic E-state index is -1.19. The molecule has 0 saturated heterocycles. The second-order valence-electron chi connectivity index (χ2n) is 5.05. The fourth-order valence-corrected chi connectivity index (χ4v) is 2.23. The molecule has 0 amide bonds. The number of ketones is 1. The number of nitrogen functional groups attached to an aromatic ring is 1. The molecule has 1 heterocycles. The Bertz CT molecular complexity index is 809. The van der Waals surface area contributed by atoms with Crippen molar-refractivity contribution in [3.05, 3.63) is 39.7 Å². The number of carboxylic acid groups (broad SMARTS) is 1. The van der Waals surface area contributed by atoms with Gasteiger partial charge in [-0.05, 0) is 31.0 Å². The van der Waals surface area contributed by atoms with Crippen molar-refractivity contribution in [3.8, 4) is 0 Å². The van der Waals surface area contributed by atoms with E-state index in [1.165, 1.54) is 6.07 Å². The van der Waals surface area contributed by atoms with E-state index in [0.29, 0.717) is 22.2 Å². The van der Waals surface area contributed by atoms with Crippen molar-refractivity contribution in [2.75, 3.05) is 5.73 Å². The summed E-state index contributed by atoms with van der Waals surface area (Å²) < 4.78 is 5.13. The lowest BCUT2D eigenvalue weighted by Gasteiger charge is -2.09. The monoisotopic (exact) mass is 304 g/mol. The summed E-state index contributed by atoms with van der Waals surface area (Å²) in [7, 11) is 0. The van der Waals surface area contributed by atoms with Gasteiger partial charge in [0.25, 0.3) is 0 Å². The number of Topliss-reactive ketones (excluding diaryl/α,β-unsaturated/α-hetero) is 1. The van der Waals surface area contributed by atoms with E-state index >= 15 is 0 Å². The lowest BCUT2D eigenvalue weighted by Crippen LogP contribution is -2.31. The number of nitrogens with two attached hydrogens (primary N) is 2. The molecule has 7 nitrogen and oxygen atoms in total. The number of aryl methyl sites for hydroxylation is 1. The van der Waals surface area contributed by atoms with E-state index in [1.54, 1.807) is 19.1 Å². The standard InChI is InChI=1S/C15H16N2O5/c1-7-9-3-2-8(16)6-12(9)22-15(21)13(7)11(18)5-4-10(17)14(19)20/h2-3,6,10H,4-5,16-17H2,1H3,(H,19,20). The molecule has 5 N–H and O–H groups in total. The number of anilines is 1. The quantitative estimate of drug-likeness (QED) is 0.426. The predicted molar refractivity (Wildman–Crippen MR) is 80.8 cm³/mol. The molecule has 0 aliphatic carbocycles. The van der Waals surface area contributed by atoms with Crippen LogP contribution in [-0.4, -0.2) is 22.9 Å². The fraction of sp³-hybridized carbons (Fsp3) is 0.267. The number of carbonyl (C=O) groups excluding carboxylic acids is 1. The molecule has 1 atom stereocenters. The van der Waals surface area contributed by atoms with Crippen LogP contribution in [0.2, 0.25) is 0 Å². The van der Waals surface area contributed by atoms with Crippen LogP contribution in [0.1, 0.15) is 28.8 Å². The first kappa shape index (κ1) is 15.7. The lowest BCUT2D eigenvalue weighted by atomic mass is 9.99. The topological polar surface area (TPSA) is 137 Å². The van der Waals surface area contributed by atoms with Crippen LogP contribution in [0.25, 0.3) is 11.0 Å². The number of aliphatic carboxylic acids is 1. The van der Waals surface area contributed by atoms with Gasteiger partial charge in [0, 0.05) is 23.6 Å². The van der Waals surface area contributed by atoms with Gasteiger partial charge in [0.05, 0.1) is 0 Å². The molecule has 7 heteroatoms. The molecule has 0 saturated carbocycles. The maximum absolute atomic E-state index is 12.2. The molecule has 0 radical (unpaired) electrons. The normalized spacial score (nSPS) is 12.3. The van der Waals surface area contributed by atoms with E-state index in [1.807, 2.05) is 0 Å². The molecule has 116 valence electrons. The highest BCUT2D eigenvalue weighted by Crippen LogP contribution is 2.22. The van der Waals surface area contributed by atoms with E-state index in [-0.39, 0.29) is 18.4 Å². The Morgan fingerprint density at radius 3 is 2.68 bits per heavy atom. The third-order valence-electron chi connectivity index (χ3n) is 3.47. The highest BCUT2D eigenvalue weighted by molar-refractivity contribution is 6.01. The van der Waals surface area contributed by atoms with Crippen molar-refractivity contribution in [3.63, 3.8) is 0 Å². The Labute approximate surface area is 125 Å². The Kier molecular flexibility index (Phi) is 4.27. The van der Waals surface area contributed by atoms with Crippen molar-refractivity contribution in [1.29, 1.82) is 0 Å². The first-order valence-corrected chi connectivity index (χ1v) is 6.65. The summed E-state index contributed by atoms with van der Waals surface area (Å²) in [4.78, 5) is 34.9. The molecule has 0 spiro atoms. The van der Waals surface area contributed by atoms with E-state index in [9.17, 15) is 14.4 Å². The molecule has 22 heavy (non-hydrogen) atoms. The van der Waals surface area contributed by atoms with E-state index in [4.69, 9.17) is 21.0 Å². The third-order valence-corrected chi connectivity index (χ3v) is 3.47. The van der Waals surface area contributed by atoms with Gasteiger partial charge in [-0.25, -0.2) is 4.79 Å². The molecule has 0 aliphatic heterocycles. The molecule has 2 aromatic rings.